The summed E-state index contributed by atoms with van der Waals surface area (Å²) in [6.45, 7) is 0.825. The zero-order chi connectivity index (χ0) is 16.4. The Kier molecular flexibility index (Phi) is 4.12. The minimum Gasteiger partial charge on any atom is -0.381 e. The standard InChI is InChI=1S/C20H23N3O/c21-14-16-12-19(17-6-2-3-7-18(17)23-16)22-15-8-11-24-20(13-15)9-4-1-5-10-20/h2-3,6-7,12,15H,1,4-5,8-11,13H2,(H,22,23). The van der Waals surface area contributed by atoms with Gasteiger partial charge in [-0.1, -0.05) is 37.5 Å². The Balaban J connectivity index is 1.61. The second-order valence-corrected chi connectivity index (χ2v) is 7.11. The summed E-state index contributed by atoms with van der Waals surface area (Å²) in [6.07, 6.45) is 8.35. The number of rotatable bonds is 2. The molecule has 1 saturated heterocycles. The number of anilines is 1. The lowest BCUT2D eigenvalue weighted by Gasteiger charge is -2.44. The lowest BCUT2D eigenvalue weighted by atomic mass is 9.78. The third-order valence-electron chi connectivity index (χ3n) is 5.45. The molecule has 1 saturated carbocycles. The summed E-state index contributed by atoms with van der Waals surface area (Å²) in [7, 11) is 0. The molecule has 1 aliphatic carbocycles. The topological polar surface area (TPSA) is 57.9 Å². The molecular formula is C20H23N3O. The van der Waals surface area contributed by atoms with Crippen molar-refractivity contribution in [1.82, 2.24) is 4.98 Å². The van der Waals surface area contributed by atoms with Crippen LogP contribution in [0.1, 0.15) is 50.6 Å². The zero-order valence-corrected chi connectivity index (χ0v) is 13.9. The molecule has 2 aliphatic rings. The van der Waals surface area contributed by atoms with Gasteiger partial charge in [0.1, 0.15) is 11.8 Å². The summed E-state index contributed by atoms with van der Waals surface area (Å²) in [5, 5.41) is 14.0. The summed E-state index contributed by atoms with van der Waals surface area (Å²) in [5.74, 6) is 0. The SMILES string of the molecule is N#Cc1cc(NC2CCOC3(CCCCC3)C2)c2ccccc2n1. The lowest BCUT2D eigenvalue weighted by molar-refractivity contribution is -0.103. The molecule has 4 heteroatoms. The van der Waals surface area contributed by atoms with Gasteiger partial charge in [-0.3, -0.25) is 0 Å². The Hall–Kier alpha value is -2.12. The van der Waals surface area contributed by atoms with Crippen molar-refractivity contribution in [3.05, 3.63) is 36.0 Å². The molecule has 4 rings (SSSR count). The zero-order valence-electron chi connectivity index (χ0n) is 13.9. The quantitative estimate of drug-likeness (QED) is 0.890. The van der Waals surface area contributed by atoms with E-state index >= 15 is 0 Å². The molecule has 0 bridgehead atoms. The van der Waals surface area contributed by atoms with Crippen LogP contribution in [-0.2, 0) is 4.74 Å². The number of hydrogen-bond donors (Lipinski definition) is 1. The molecule has 1 aliphatic heterocycles. The van der Waals surface area contributed by atoms with E-state index in [4.69, 9.17) is 4.74 Å². The van der Waals surface area contributed by atoms with E-state index in [1.54, 1.807) is 0 Å². The maximum Gasteiger partial charge on any atom is 0.143 e. The smallest absolute Gasteiger partial charge is 0.143 e. The van der Waals surface area contributed by atoms with Crippen LogP contribution >= 0.6 is 0 Å². The van der Waals surface area contributed by atoms with Gasteiger partial charge in [-0.2, -0.15) is 5.26 Å². The van der Waals surface area contributed by atoms with E-state index in [1.165, 1.54) is 32.1 Å². The van der Waals surface area contributed by atoms with Crippen LogP contribution in [0.2, 0.25) is 0 Å². The maximum atomic E-state index is 9.27. The fourth-order valence-electron chi connectivity index (χ4n) is 4.27. The van der Waals surface area contributed by atoms with Crippen molar-refractivity contribution >= 4 is 16.6 Å². The van der Waals surface area contributed by atoms with Gasteiger partial charge in [-0.25, -0.2) is 4.98 Å². The molecule has 2 fully saturated rings. The lowest BCUT2D eigenvalue weighted by Crippen LogP contribution is -2.45. The predicted octanol–water partition coefficient (Wildman–Crippen LogP) is 4.40. The predicted molar refractivity (Wildman–Crippen MR) is 94.9 cm³/mol. The van der Waals surface area contributed by atoms with Gasteiger partial charge in [0.2, 0.25) is 0 Å². The fourth-order valence-corrected chi connectivity index (χ4v) is 4.27. The number of pyridine rings is 1. The van der Waals surface area contributed by atoms with Gasteiger partial charge in [0.05, 0.1) is 11.1 Å². The van der Waals surface area contributed by atoms with Gasteiger partial charge in [-0.05, 0) is 37.8 Å². The maximum absolute atomic E-state index is 9.27. The fraction of sp³-hybridized carbons (Fsp3) is 0.500. The molecule has 2 aromatic rings. The molecule has 1 spiro atoms. The normalized spacial score (nSPS) is 23.0. The van der Waals surface area contributed by atoms with Gasteiger partial charge < -0.3 is 10.1 Å². The van der Waals surface area contributed by atoms with E-state index in [9.17, 15) is 5.26 Å². The average molecular weight is 321 g/mol. The Morgan fingerprint density at radius 2 is 2.04 bits per heavy atom. The summed E-state index contributed by atoms with van der Waals surface area (Å²) in [6, 6.07) is 12.5. The van der Waals surface area contributed by atoms with Crippen LogP contribution in [0.3, 0.4) is 0 Å². The summed E-state index contributed by atoms with van der Waals surface area (Å²) in [5.41, 5.74) is 2.44. The molecule has 1 N–H and O–H groups in total. The van der Waals surface area contributed by atoms with Crippen molar-refractivity contribution in [2.24, 2.45) is 0 Å². The van der Waals surface area contributed by atoms with Gasteiger partial charge >= 0.3 is 0 Å². The molecule has 4 nitrogen and oxygen atoms in total. The number of nitrogens with one attached hydrogen (secondary N) is 1. The van der Waals surface area contributed by atoms with Crippen LogP contribution < -0.4 is 5.32 Å². The van der Waals surface area contributed by atoms with Crippen LogP contribution in [0.25, 0.3) is 10.9 Å². The second-order valence-electron chi connectivity index (χ2n) is 7.11. The number of hydrogen-bond acceptors (Lipinski definition) is 4. The van der Waals surface area contributed by atoms with E-state index in [-0.39, 0.29) is 5.60 Å². The first-order chi connectivity index (χ1) is 11.8. The van der Waals surface area contributed by atoms with Crippen LogP contribution in [-0.4, -0.2) is 23.2 Å². The van der Waals surface area contributed by atoms with Crippen molar-refractivity contribution in [1.29, 1.82) is 5.26 Å². The van der Waals surface area contributed by atoms with Crippen LogP contribution in [0.4, 0.5) is 5.69 Å². The van der Waals surface area contributed by atoms with Gasteiger partial charge in [-0.15, -0.1) is 0 Å². The minimum absolute atomic E-state index is 0.0784. The molecule has 1 unspecified atom stereocenters. The van der Waals surface area contributed by atoms with E-state index in [2.05, 4.69) is 22.4 Å². The first-order valence-electron chi connectivity index (χ1n) is 8.98. The molecule has 0 amide bonds. The van der Waals surface area contributed by atoms with Crippen molar-refractivity contribution in [3.63, 3.8) is 0 Å². The highest BCUT2D eigenvalue weighted by atomic mass is 16.5. The summed E-state index contributed by atoms with van der Waals surface area (Å²) in [4.78, 5) is 4.40. The van der Waals surface area contributed by atoms with Crippen molar-refractivity contribution in [2.45, 2.75) is 56.6 Å². The summed E-state index contributed by atoms with van der Waals surface area (Å²) < 4.78 is 6.20. The number of para-hydroxylation sites is 1. The molecule has 1 aromatic heterocycles. The highest BCUT2D eigenvalue weighted by Gasteiger charge is 2.38. The molecule has 0 radical (unpaired) electrons. The van der Waals surface area contributed by atoms with Gasteiger partial charge in [0.15, 0.2) is 0 Å². The van der Waals surface area contributed by atoms with Gasteiger partial charge in [0.25, 0.3) is 0 Å². The molecular weight excluding hydrogens is 298 g/mol. The molecule has 1 aromatic carbocycles. The number of nitriles is 1. The highest BCUT2D eigenvalue weighted by Crippen LogP contribution is 2.39. The van der Waals surface area contributed by atoms with E-state index in [0.717, 1.165) is 36.0 Å². The average Bonchev–Trinajstić information content (AvgIpc) is 2.62. The number of nitrogens with zero attached hydrogens (tertiary/aromatic N) is 2. The van der Waals surface area contributed by atoms with Crippen molar-refractivity contribution in [3.8, 4) is 6.07 Å². The Morgan fingerprint density at radius 1 is 1.21 bits per heavy atom. The molecule has 24 heavy (non-hydrogen) atoms. The summed E-state index contributed by atoms with van der Waals surface area (Å²) >= 11 is 0. The van der Waals surface area contributed by atoms with Crippen LogP contribution in [0.15, 0.2) is 30.3 Å². The number of aromatic nitrogens is 1. The van der Waals surface area contributed by atoms with E-state index in [0.29, 0.717) is 11.7 Å². The van der Waals surface area contributed by atoms with Crippen molar-refractivity contribution in [2.75, 3.05) is 11.9 Å². The minimum atomic E-state index is 0.0784. The first-order valence-corrected chi connectivity index (χ1v) is 8.98. The van der Waals surface area contributed by atoms with E-state index in [1.807, 2.05) is 24.3 Å². The van der Waals surface area contributed by atoms with Crippen LogP contribution in [0, 0.1) is 11.3 Å². The Morgan fingerprint density at radius 3 is 2.88 bits per heavy atom. The Bertz CT molecular complexity index is 769. The number of ether oxygens (including phenoxy) is 1. The monoisotopic (exact) mass is 321 g/mol. The second kappa shape index (κ2) is 6.41. The van der Waals surface area contributed by atoms with Gasteiger partial charge in [0, 0.05) is 23.7 Å². The molecule has 124 valence electrons. The number of fused-ring (bicyclic) bond motifs is 1. The largest absolute Gasteiger partial charge is 0.381 e. The number of benzene rings is 1. The third kappa shape index (κ3) is 2.97. The molecule has 1 atom stereocenters. The first kappa shape index (κ1) is 15.4. The van der Waals surface area contributed by atoms with Crippen molar-refractivity contribution < 1.29 is 4.74 Å². The third-order valence-corrected chi connectivity index (χ3v) is 5.45. The van der Waals surface area contributed by atoms with Crippen LogP contribution in [0.5, 0.6) is 0 Å². The highest BCUT2D eigenvalue weighted by molar-refractivity contribution is 5.91. The molecule has 2 heterocycles. The van der Waals surface area contributed by atoms with E-state index < -0.39 is 0 Å². The Labute approximate surface area is 142 Å².